The van der Waals surface area contributed by atoms with Gasteiger partial charge in [-0.2, -0.15) is 12.5 Å². The summed E-state index contributed by atoms with van der Waals surface area (Å²) in [4.78, 5) is 4.41. The van der Waals surface area contributed by atoms with Crippen LogP contribution in [0.2, 0.25) is 5.02 Å². The maximum absolute atomic E-state index is 10.5. The van der Waals surface area contributed by atoms with Gasteiger partial charge >= 0.3 is 42.6 Å². The van der Waals surface area contributed by atoms with E-state index in [4.69, 9.17) is 39.5 Å². The topological polar surface area (TPSA) is 32.6 Å². The fraction of sp³-hybridized carbons (Fsp3) is 0. The molecule has 0 aliphatic rings. The third kappa shape index (κ3) is 7.08. The van der Waals surface area contributed by atoms with Gasteiger partial charge < -0.3 is 10.1 Å². The zero-order valence-electron chi connectivity index (χ0n) is 14.0. The van der Waals surface area contributed by atoms with Gasteiger partial charge in [0.2, 0.25) is 0 Å². The Bertz CT molecular complexity index is 914. The van der Waals surface area contributed by atoms with E-state index < -0.39 is 14.7 Å². The molecule has 0 fully saturated rings. The molecule has 0 unspecified atom stereocenters. The van der Waals surface area contributed by atoms with Crippen LogP contribution in [0, 0.1) is 6.92 Å². The van der Waals surface area contributed by atoms with Crippen molar-refractivity contribution >= 4 is 51.4 Å². The van der Waals surface area contributed by atoms with Gasteiger partial charge in [0.05, 0.1) is 0 Å². The van der Waals surface area contributed by atoms with Gasteiger partial charge in [0.25, 0.3) is 0 Å². The van der Waals surface area contributed by atoms with Crippen LogP contribution in [-0.2, 0) is 14.7 Å². The molecule has 0 amide bonds. The average molecular weight is 475 g/mol. The normalized spacial score (nSPS) is 10.4. The maximum atomic E-state index is 10.5. The van der Waals surface area contributed by atoms with Crippen LogP contribution >= 0.6 is 39.5 Å². The molecule has 138 valence electrons. The van der Waals surface area contributed by atoms with Gasteiger partial charge in [0.15, 0.2) is 0 Å². The molecule has 27 heavy (non-hydrogen) atoms. The molecule has 2 nitrogen and oxygen atoms in total. The Labute approximate surface area is 181 Å². The van der Waals surface area contributed by atoms with Crippen LogP contribution < -0.4 is 0 Å². The number of para-hydroxylation sites is 1. The molecule has 0 aliphatic heterocycles. The molecule has 0 heterocycles. The van der Waals surface area contributed by atoms with Crippen molar-refractivity contribution < 1.29 is 19.8 Å². The summed E-state index contributed by atoms with van der Waals surface area (Å²) in [5.74, 6) is 0.210. The number of benzene rings is 3. The zero-order valence-corrected chi connectivity index (χ0v) is 18.6. The summed E-state index contributed by atoms with van der Waals surface area (Å²) >= 11 is 4.00. The summed E-state index contributed by atoms with van der Waals surface area (Å²) in [5.41, 5.74) is 3.86. The van der Waals surface area contributed by atoms with Crippen LogP contribution in [0.3, 0.4) is 0 Å². The molecule has 0 spiro atoms. The monoisotopic (exact) mass is 473 g/mol. The van der Waals surface area contributed by atoms with Crippen molar-refractivity contribution in [1.29, 1.82) is 0 Å². The van der Waals surface area contributed by atoms with E-state index in [-0.39, 0.29) is 5.75 Å². The van der Waals surface area contributed by atoms with Gasteiger partial charge in [-0.25, -0.2) is 0 Å². The SMILES string of the molecule is [CH2-]c1cc(Cl)ccc1N=Cc1cccc(-c2ccccc2)c1O.[Cl][Ti+]([Cl])[Cl]. The molecule has 7 heteroatoms. The minimum absolute atomic E-state index is 0.210. The van der Waals surface area contributed by atoms with Gasteiger partial charge in [-0.15, -0.1) is 6.07 Å². The van der Waals surface area contributed by atoms with Crippen LogP contribution in [0.25, 0.3) is 11.1 Å². The first kappa shape index (κ1) is 22.2. The van der Waals surface area contributed by atoms with Crippen LogP contribution in [0.15, 0.2) is 71.7 Å². The van der Waals surface area contributed by atoms with E-state index in [0.29, 0.717) is 10.6 Å². The molecule has 3 rings (SSSR count). The fourth-order valence-corrected chi connectivity index (χ4v) is 2.53. The molecule has 0 saturated carbocycles. The summed E-state index contributed by atoms with van der Waals surface area (Å²) in [7, 11) is 14.9. The number of hydrogen-bond donors (Lipinski definition) is 1. The van der Waals surface area contributed by atoms with Crippen LogP contribution in [0.5, 0.6) is 5.75 Å². The van der Waals surface area contributed by atoms with Gasteiger partial charge in [0, 0.05) is 17.3 Å². The predicted octanol–water partition coefficient (Wildman–Crippen LogP) is 7.71. The quantitative estimate of drug-likeness (QED) is 0.235. The number of hydrogen-bond acceptors (Lipinski definition) is 2. The Kier molecular flexibility index (Phi) is 9.04. The summed E-state index contributed by atoms with van der Waals surface area (Å²) < 4.78 is 0. The first-order valence-electron chi connectivity index (χ1n) is 7.75. The van der Waals surface area contributed by atoms with Crippen molar-refractivity contribution in [2.75, 3.05) is 0 Å². The second-order valence-electron chi connectivity index (χ2n) is 5.35. The molecule has 0 bridgehead atoms. The minimum atomic E-state index is -1.92. The Morgan fingerprint density at radius 3 is 2.22 bits per heavy atom. The molecule has 0 atom stereocenters. The molecule has 0 aliphatic carbocycles. The summed E-state index contributed by atoms with van der Waals surface area (Å²) in [6.07, 6.45) is 1.64. The van der Waals surface area contributed by atoms with Crippen LogP contribution in [0.4, 0.5) is 5.69 Å². The van der Waals surface area contributed by atoms with E-state index in [9.17, 15) is 5.11 Å². The van der Waals surface area contributed by atoms with E-state index in [1.54, 1.807) is 24.4 Å². The van der Waals surface area contributed by atoms with Crippen LogP contribution in [0.1, 0.15) is 11.1 Å². The number of aliphatic imine (C=N–C) groups is 1. The van der Waals surface area contributed by atoms with E-state index in [1.807, 2.05) is 48.5 Å². The van der Waals surface area contributed by atoms with E-state index >= 15 is 0 Å². The van der Waals surface area contributed by atoms with Crippen LogP contribution in [-0.4, -0.2) is 11.3 Å². The predicted molar refractivity (Wildman–Crippen MR) is 114 cm³/mol. The number of halogens is 4. The van der Waals surface area contributed by atoms with Crippen molar-refractivity contribution in [2.24, 2.45) is 4.99 Å². The molecule has 3 aromatic carbocycles. The number of phenolic OH excluding ortho intramolecular Hbond substituents is 1. The number of aromatic hydroxyl groups is 1. The average Bonchev–Trinajstić information content (AvgIpc) is 2.62. The van der Waals surface area contributed by atoms with Gasteiger partial charge in [-0.3, -0.25) is 0 Å². The molecule has 3 aromatic rings. The molecular weight excluding hydrogens is 460 g/mol. The van der Waals surface area contributed by atoms with Crippen molar-refractivity contribution in [3.8, 4) is 16.9 Å². The Balaban J connectivity index is 0.000000596. The first-order chi connectivity index (χ1) is 12.9. The number of nitrogens with zero attached hydrogens (tertiary/aromatic N) is 1. The Morgan fingerprint density at radius 2 is 1.59 bits per heavy atom. The third-order valence-corrected chi connectivity index (χ3v) is 3.77. The summed E-state index contributed by atoms with van der Waals surface area (Å²) in [6, 6.07) is 20.7. The van der Waals surface area contributed by atoms with Gasteiger partial charge in [-0.1, -0.05) is 66.2 Å². The van der Waals surface area contributed by atoms with Crippen molar-refractivity contribution in [3.05, 3.63) is 89.8 Å². The Morgan fingerprint density at radius 1 is 0.926 bits per heavy atom. The zero-order chi connectivity index (χ0) is 19.8. The number of phenols is 1. The van der Waals surface area contributed by atoms with Crippen molar-refractivity contribution in [1.82, 2.24) is 0 Å². The van der Waals surface area contributed by atoms with E-state index in [0.717, 1.165) is 22.4 Å². The van der Waals surface area contributed by atoms with Crippen molar-refractivity contribution in [2.45, 2.75) is 0 Å². The van der Waals surface area contributed by atoms with Crippen molar-refractivity contribution in [3.63, 3.8) is 0 Å². The summed E-state index contributed by atoms with van der Waals surface area (Å²) in [5, 5.41) is 11.1. The standard InChI is InChI=1S/C20H15ClNO.3ClH.Ti/c1-14-12-17(21)10-11-19(14)22-13-16-8-5-9-18(20(16)23)15-6-3-2-4-7-15;;;;/h2-13,23H,1H2;3*1H;/q-1;;;;+4/p-3. The molecule has 0 saturated heterocycles. The van der Waals surface area contributed by atoms with Gasteiger partial charge in [-0.05, 0) is 22.3 Å². The third-order valence-electron chi connectivity index (χ3n) is 3.54. The molecule has 0 radical (unpaired) electrons. The first-order valence-corrected chi connectivity index (χ1v) is 14.6. The molecular formula is C20H15Cl4NOTi. The summed E-state index contributed by atoms with van der Waals surface area (Å²) in [6.45, 7) is 3.92. The molecule has 1 N–H and O–H groups in total. The van der Waals surface area contributed by atoms with E-state index in [2.05, 4.69) is 11.9 Å². The van der Waals surface area contributed by atoms with E-state index in [1.165, 1.54) is 0 Å². The van der Waals surface area contributed by atoms with Gasteiger partial charge in [0.1, 0.15) is 5.75 Å². The second-order valence-corrected chi connectivity index (χ2v) is 13.5. The number of rotatable bonds is 3. The second kappa shape index (κ2) is 11.0. The fourth-order valence-electron chi connectivity index (χ4n) is 2.34. The Hall–Kier alpha value is -1.13. The molecule has 0 aromatic heterocycles.